The molecule has 22 heavy (non-hydrogen) atoms. The molecule has 0 aliphatic heterocycles. The van der Waals surface area contributed by atoms with Crippen LogP contribution in [0.25, 0.3) is 0 Å². The van der Waals surface area contributed by atoms with Crippen LogP contribution in [-0.2, 0) is 0 Å². The van der Waals surface area contributed by atoms with Crippen LogP contribution in [0.5, 0.6) is 0 Å². The van der Waals surface area contributed by atoms with Crippen molar-refractivity contribution in [1.82, 2.24) is 0 Å². The van der Waals surface area contributed by atoms with Gasteiger partial charge in [-0.25, -0.2) is 10.0 Å². The molecule has 0 saturated heterocycles. The summed E-state index contributed by atoms with van der Waals surface area (Å²) in [5, 5.41) is 0. The zero-order valence-electron chi connectivity index (χ0n) is 16.2. The third-order valence-electron chi connectivity index (χ3n) is 4.27. The first-order valence-electron chi connectivity index (χ1n) is 9.87. The van der Waals surface area contributed by atoms with Gasteiger partial charge in [0.25, 0.3) is 0 Å². The summed E-state index contributed by atoms with van der Waals surface area (Å²) in [5.41, 5.74) is 0. The minimum Gasteiger partial charge on any atom is -0.250 e. The van der Waals surface area contributed by atoms with E-state index in [0.717, 1.165) is 0 Å². The predicted octanol–water partition coefficient (Wildman–Crippen LogP) is 7.72. The van der Waals surface area contributed by atoms with Crippen LogP contribution >= 0.6 is 10.0 Å². The van der Waals surface area contributed by atoms with E-state index in [-0.39, 0.29) is 10.0 Å². The van der Waals surface area contributed by atoms with E-state index in [0.29, 0.717) is 0 Å². The first-order valence-corrected chi connectivity index (χ1v) is 12.9. The van der Waals surface area contributed by atoms with Crippen molar-refractivity contribution >= 4 is 10.0 Å². The molecular formula is C21H44S. The summed E-state index contributed by atoms with van der Waals surface area (Å²) < 4.78 is 0. The normalized spacial score (nSPS) is 13.1. The van der Waals surface area contributed by atoms with E-state index >= 15 is 0 Å². The second-order valence-electron chi connectivity index (χ2n) is 7.73. The lowest BCUT2D eigenvalue weighted by Gasteiger charge is -2.24. The van der Waals surface area contributed by atoms with Gasteiger partial charge < -0.3 is 0 Å². The number of hydrogen-bond acceptors (Lipinski definition) is 0. The van der Waals surface area contributed by atoms with Gasteiger partial charge in [0.1, 0.15) is 0 Å². The minimum atomic E-state index is -0.253. The molecule has 0 atom stereocenters. The fourth-order valence-electron chi connectivity index (χ4n) is 2.78. The monoisotopic (exact) mass is 328 g/mol. The Morgan fingerprint density at radius 2 is 0.955 bits per heavy atom. The lowest BCUT2D eigenvalue weighted by atomic mass is 10.1. The van der Waals surface area contributed by atoms with Crippen LogP contribution in [-0.4, -0.2) is 24.5 Å². The molecule has 0 aromatic rings. The van der Waals surface area contributed by atoms with Crippen molar-refractivity contribution in [2.24, 2.45) is 0 Å². The smallest absolute Gasteiger partial charge is 0.0235 e. The van der Waals surface area contributed by atoms with Crippen LogP contribution in [0.3, 0.4) is 0 Å². The highest BCUT2D eigenvalue weighted by Crippen LogP contribution is 2.35. The van der Waals surface area contributed by atoms with Gasteiger partial charge in [0.15, 0.2) is 0 Å². The fraction of sp³-hybridized carbons (Fsp3) is 0.905. The van der Waals surface area contributed by atoms with Crippen molar-refractivity contribution in [3.05, 3.63) is 12.2 Å². The van der Waals surface area contributed by atoms with Crippen molar-refractivity contribution in [2.75, 3.05) is 24.5 Å². The molecule has 0 N–H and O–H groups in total. The zero-order valence-corrected chi connectivity index (χ0v) is 17.0. The van der Waals surface area contributed by atoms with E-state index in [2.05, 4.69) is 37.8 Å². The molecule has 0 saturated carbocycles. The largest absolute Gasteiger partial charge is 0.250 e. The molecule has 0 aliphatic rings. The van der Waals surface area contributed by atoms with Gasteiger partial charge in [-0.05, 0) is 56.6 Å². The second-order valence-corrected chi connectivity index (χ2v) is 12.3. The van der Waals surface area contributed by atoms with Crippen molar-refractivity contribution in [2.45, 2.75) is 96.8 Å². The highest BCUT2D eigenvalue weighted by molar-refractivity contribution is 8.32. The predicted molar refractivity (Wildman–Crippen MR) is 110 cm³/mol. The maximum absolute atomic E-state index is 2.44. The van der Waals surface area contributed by atoms with E-state index in [1.165, 1.54) is 95.6 Å². The zero-order chi connectivity index (χ0) is 16.5. The Labute approximate surface area is 143 Å². The molecule has 0 amide bonds. The first-order chi connectivity index (χ1) is 10.6. The van der Waals surface area contributed by atoms with Gasteiger partial charge >= 0.3 is 0 Å². The summed E-state index contributed by atoms with van der Waals surface area (Å²) >= 11 is 0. The average molecular weight is 329 g/mol. The Hall–Kier alpha value is 0.0900. The Bertz CT molecular complexity index is 237. The van der Waals surface area contributed by atoms with Gasteiger partial charge in [0.2, 0.25) is 0 Å². The summed E-state index contributed by atoms with van der Waals surface area (Å²) in [4.78, 5) is 0. The summed E-state index contributed by atoms with van der Waals surface area (Å²) in [6.45, 7) is 2.29. The molecule has 0 radical (unpaired) electrons. The molecule has 0 aromatic carbocycles. The van der Waals surface area contributed by atoms with Gasteiger partial charge in [-0.2, -0.15) is 0 Å². The maximum atomic E-state index is 2.44. The van der Waals surface area contributed by atoms with E-state index < -0.39 is 0 Å². The third-order valence-corrected chi connectivity index (χ3v) is 5.78. The highest BCUT2D eigenvalue weighted by atomic mass is 32.3. The third kappa shape index (κ3) is 20.1. The summed E-state index contributed by atoms with van der Waals surface area (Å²) in [6.07, 6.45) is 31.9. The van der Waals surface area contributed by atoms with Crippen molar-refractivity contribution in [1.29, 1.82) is 0 Å². The van der Waals surface area contributed by atoms with Gasteiger partial charge in [-0.3, -0.25) is 0 Å². The molecule has 0 nitrogen and oxygen atoms in total. The van der Waals surface area contributed by atoms with Crippen molar-refractivity contribution in [3.8, 4) is 0 Å². The Morgan fingerprint density at radius 3 is 1.41 bits per heavy atom. The molecule has 0 unspecified atom stereocenters. The molecule has 0 spiro atoms. The maximum Gasteiger partial charge on any atom is -0.0235 e. The number of allylic oxidation sites excluding steroid dienone is 2. The molecule has 0 aliphatic carbocycles. The van der Waals surface area contributed by atoms with Gasteiger partial charge in [0.05, 0.1) is 0 Å². The Balaban J connectivity index is 3.11. The van der Waals surface area contributed by atoms with E-state index in [4.69, 9.17) is 0 Å². The van der Waals surface area contributed by atoms with Gasteiger partial charge in [-0.15, -0.1) is 0 Å². The van der Waals surface area contributed by atoms with E-state index in [1.54, 1.807) is 0 Å². The standard InChI is InChI=1S/C21H44S/c1-5-6-7-8-9-10-11-12-13-14-15-16-17-18-19-20-21-22(2,3)4/h12-13H,5-11,14-21H2,1-4H3/b13-12-. The molecule has 0 aromatic heterocycles. The molecular weight excluding hydrogens is 284 g/mol. The molecule has 134 valence electrons. The summed E-state index contributed by atoms with van der Waals surface area (Å²) in [7, 11) is -0.253. The van der Waals surface area contributed by atoms with Gasteiger partial charge in [-0.1, -0.05) is 76.9 Å². The topological polar surface area (TPSA) is 0 Å². The van der Waals surface area contributed by atoms with Crippen LogP contribution < -0.4 is 0 Å². The summed E-state index contributed by atoms with van der Waals surface area (Å²) in [6, 6.07) is 0. The Morgan fingerprint density at radius 1 is 0.545 bits per heavy atom. The second kappa shape index (κ2) is 16.0. The number of hydrogen-bond donors (Lipinski definition) is 0. The van der Waals surface area contributed by atoms with Crippen LogP contribution in [0.15, 0.2) is 12.2 Å². The number of unbranched alkanes of at least 4 members (excludes halogenated alkanes) is 12. The van der Waals surface area contributed by atoms with E-state index in [1.807, 2.05) is 0 Å². The lowest BCUT2D eigenvalue weighted by Crippen LogP contribution is -1.98. The van der Waals surface area contributed by atoms with Crippen LogP contribution in [0.2, 0.25) is 0 Å². The molecule has 0 heterocycles. The number of rotatable bonds is 16. The fourth-order valence-corrected chi connectivity index (χ4v) is 3.85. The quantitative estimate of drug-likeness (QED) is 0.201. The average Bonchev–Trinajstić information content (AvgIpc) is 2.45. The molecule has 1 heteroatoms. The highest BCUT2D eigenvalue weighted by Gasteiger charge is 2.02. The van der Waals surface area contributed by atoms with Crippen LogP contribution in [0, 0.1) is 0 Å². The molecule has 0 rings (SSSR count). The van der Waals surface area contributed by atoms with Crippen LogP contribution in [0.1, 0.15) is 96.8 Å². The lowest BCUT2D eigenvalue weighted by molar-refractivity contribution is 0.607. The first kappa shape index (κ1) is 22.1. The Kier molecular flexibility index (Phi) is 16.0. The van der Waals surface area contributed by atoms with E-state index in [9.17, 15) is 0 Å². The molecule has 0 fully saturated rings. The minimum absolute atomic E-state index is 0.253. The van der Waals surface area contributed by atoms with Crippen LogP contribution in [0.4, 0.5) is 0 Å². The summed E-state index contributed by atoms with van der Waals surface area (Å²) in [5.74, 6) is 1.47. The van der Waals surface area contributed by atoms with Crippen molar-refractivity contribution < 1.29 is 0 Å². The SMILES string of the molecule is CCCCCCCC/C=C\CCCCCCCCS(C)(C)C. The molecule has 0 bridgehead atoms. The van der Waals surface area contributed by atoms with Gasteiger partial charge in [0, 0.05) is 0 Å². The van der Waals surface area contributed by atoms with Crippen molar-refractivity contribution in [3.63, 3.8) is 0 Å².